The zero-order valence-electron chi connectivity index (χ0n) is 36.7. The number of benzene rings is 2. The molecule has 2 aliphatic rings. The Kier molecular flexibility index (Phi) is 14.5. The topological polar surface area (TPSA) is 198 Å². The molecule has 2 amide bonds. The number of likely N-dealkylation sites (tertiary alicyclic amines) is 2. The van der Waals surface area contributed by atoms with Gasteiger partial charge < -0.3 is 38.7 Å². The van der Waals surface area contributed by atoms with Crippen molar-refractivity contribution in [3.8, 4) is 47.6 Å². The van der Waals surface area contributed by atoms with E-state index >= 15 is 0 Å². The maximum atomic E-state index is 13.2. The van der Waals surface area contributed by atoms with Crippen molar-refractivity contribution in [3.05, 3.63) is 119 Å². The summed E-state index contributed by atoms with van der Waals surface area (Å²) in [7, 11) is 5.92. The Balaban J connectivity index is 0.000000197. The smallest absolute Gasteiger partial charge is 0.295 e. The van der Waals surface area contributed by atoms with Crippen LogP contribution in [0.15, 0.2) is 96.6 Å². The molecule has 16 heteroatoms. The van der Waals surface area contributed by atoms with E-state index < -0.39 is 23.4 Å². The Labute approximate surface area is 380 Å². The molecular formula is C50H46N6O10. The van der Waals surface area contributed by atoms with Gasteiger partial charge in [-0.15, -0.1) is 6.42 Å². The van der Waals surface area contributed by atoms with Crippen LogP contribution in [0.25, 0.3) is 33.0 Å². The number of Topliss-reactive ketones (excluding diaryl/α,β-unsaturated/α-hetero) is 2. The van der Waals surface area contributed by atoms with Crippen LogP contribution in [0.5, 0.6) is 23.3 Å². The molecule has 8 rings (SSSR count). The second-order valence-corrected chi connectivity index (χ2v) is 15.0. The molecule has 0 spiro atoms. The van der Waals surface area contributed by atoms with Crippen molar-refractivity contribution >= 4 is 56.3 Å². The van der Waals surface area contributed by atoms with E-state index in [1.165, 1.54) is 58.1 Å². The third-order valence-electron chi connectivity index (χ3n) is 11.5. The van der Waals surface area contributed by atoms with Crippen molar-refractivity contribution in [2.45, 2.75) is 25.7 Å². The number of carbonyl (C=O) groups excluding carboxylic acids is 4. The fourth-order valence-corrected chi connectivity index (χ4v) is 8.18. The summed E-state index contributed by atoms with van der Waals surface area (Å²) >= 11 is 0. The first-order valence-corrected chi connectivity index (χ1v) is 20.8. The minimum atomic E-state index is -0.637. The highest BCUT2D eigenvalue weighted by Crippen LogP contribution is 2.36. The summed E-state index contributed by atoms with van der Waals surface area (Å²) in [5, 5.41) is 9.60. The molecule has 0 radical (unpaired) electrons. The van der Waals surface area contributed by atoms with Crippen LogP contribution >= 0.6 is 0 Å². The maximum Gasteiger partial charge on any atom is 0.295 e. The Morgan fingerprint density at radius 1 is 0.621 bits per heavy atom. The molecule has 0 bridgehead atoms. The molecule has 2 fully saturated rings. The van der Waals surface area contributed by atoms with E-state index in [-0.39, 0.29) is 11.1 Å². The van der Waals surface area contributed by atoms with Gasteiger partial charge in [0.25, 0.3) is 23.4 Å². The molecule has 16 nitrogen and oxygen atoms in total. The fourth-order valence-electron chi connectivity index (χ4n) is 8.18. The number of pyridine rings is 2. The highest BCUT2D eigenvalue weighted by Gasteiger charge is 2.32. The molecule has 6 aromatic rings. The minimum absolute atomic E-state index is 0.204. The van der Waals surface area contributed by atoms with Crippen LogP contribution < -0.4 is 18.9 Å². The molecule has 2 aromatic carbocycles. The van der Waals surface area contributed by atoms with Crippen molar-refractivity contribution in [1.82, 2.24) is 29.7 Å². The van der Waals surface area contributed by atoms with Gasteiger partial charge in [-0.05, 0) is 42.7 Å². The first kappa shape index (κ1) is 45.7. The van der Waals surface area contributed by atoms with E-state index in [1.54, 1.807) is 4.90 Å². The number of aromatic nitrogens is 4. The predicted molar refractivity (Wildman–Crippen MR) is 246 cm³/mol. The number of hydrogen-bond acceptors (Lipinski definition) is 12. The van der Waals surface area contributed by atoms with Crippen LogP contribution in [0.4, 0.5) is 0 Å². The number of ether oxygens (including phenoxy) is 4. The number of terminal acetylenes is 1. The lowest BCUT2D eigenvalue weighted by atomic mass is 9.93. The first-order valence-electron chi connectivity index (χ1n) is 20.8. The van der Waals surface area contributed by atoms with Gasteiger partial charge in [-0.2, -0.15) is 5.26 Å². The SMILES string of the molecule is C#CC(=C1CCN(C(=O)C(=O)c2c[nH]c3c(OC)ncc(OC)c23)CC1)c1ccccc1.COc1ncc(OC)c2c(C(=O)C(=O)N3CCC(=C(C#COO)c4ccccc4)CC3)c[nH]c12. The van der Waals surface area contributed by atoms with Gasteiger partial charge in [0, 0.05) is 49.7 Å². The van der Waals surface area contributed by atoms with Gasteiger partial charge in [0.1, 0.15) is 22.5 Å². The minimum Gasteiger partial charge on any atom is -0.494 e. The van der Waals surface area contributed by atoms with Crippen molar-refractivity contribution in [1.29, 1.82) is 0 Å². The van der Waals surface area contributed by atoms with E-state index in [0.717, 1.165) is 33.4 Å². The van der Waals surface area contributed by atoms with E-state index in [2.05, 4.69) is 42.8 Å². The molecule has 0 atom stereocenters. The molecule has 66 heavy (non-hydrogen) atoms. The number of methoxy groups -OCH3 is 4. The summed E-state index contributed by atoms with van der Waals surface area (Å²) in [6, 6.07) is 19.3. The van der Waals surface area contributed by atoms with E-state index in [9.17, 15) is 19.2 Å². The lowest BCUT2D eigenvalue weighted by Crippen LogP contribution is -2.40. The number of nitrogens with one attached hydrogen (secondary N) is 2. The van der Waals surface area contributed by atoms with Gasteiger partial charge in [0.2, 0.25) is 11.8 Å². The number of allylic oxidation sites excluding steroid dienone is 2. The summed E-state index contributed by atoms with van der Waals surface area (Å²) in [5.74, 6) is 4.64. The number of hydrogen-bond donors (Lipinski definition) is 3. The molecule has 0 unspecified atom stereocenters. The van der Waals surface area contributed by atoms with Gasteiger partial charge in [-0.25, -0.2) is 9.97 Å². The third kappa shape index (κ3) is 9.31. The van der Waals surface area contributed by atoms with Crippen LogP contribution in [0.3, 0.4) is 0 Å². The van der Waals surface area contributed by atoms with Gasteiger partial charge in [-0.1, -0.05) is 77.7 Å². The van der Waals surface area contributed by atoms with Crippen LogP contribution in [-0.4, -0.2) is 113 Å². The number of carbonyl (C=O) groups is 4. The summed E-state index contributed by atoms with van der Waals surface area (Å²) in [4.78, 5) is 73.7. The standard InChI is InChI=1S/C25H23N3O6.C25H23N3O4/c1-32-20-15-27-24(33-2)22-21(20)19(14-26-22)23(29)25(30)28-11-8-17(9-12-28)18(10-13-34-31)16-6-4-3-5-7-16;1-4-18(16-8-6-5-7-9-16)17-10-12-28(13-11-17)25(30)23(29)19-14-26-22-21(19)20(31-2)15-27-24(22)32-3/h3-7,14-15,26,31H,8-9,11-12H2,1-2H3;1,5-9,14-15,26H,10-13H2,2-3H3. The van der Waals surface area contributed by atoms with Gasteiger partial charge in [0.05, 0.1) is 62.7 Å². The number of rotatable bonds is 10. The number of piperidine rings is 2. The van der Waals surface area contributed by atoms with E-state index in [4.69, 9.17) is 30.6 Å². The molecule has 2 aliphatic heterocycles. The highest BCUT2D eigenvalue weighted by atomic mass is 17.1. The highest BCUT2D eigenvalue weighted by molar-refractivity contribution is 6.46. The lowest BCUT2D eigenvalue weighted by molar-refractivity contribution is -0.171. The van der Waals surface area contributed by atoms with Crippen LogP contribution in [0.2, 0.25) is 0 Å². The average molecular weight is 891 g/mol. The molecule has 2 saturated heterocycles. The number of ketones is 2. The molecule has 0 aliphatic carbocycles. The van der Waals surface area contributed by atoms with Gasteiger partial charge >= 0.3 is 0 Å². The first-order chi connectivity index (χ1) is 32.2. The average Bonchev–Trinajstić information content (AvgIpc) is 4.03. The molecule has 3 N–H and O–H groups in total. The number of nitrogens with zero attached hydrogens (tertiary/aromatic N) is 4. The van der Waals surface area contributed by atoms with E-state index in [0.29, 0.717) is 96.9 Å². The fraction of sp³-hybridized carbons (Fsp3) is 0.240. The second-order valence-electron chi connectivity index (χ2n) is 15.0. The molecule has 336 valence electrons. The Morgan fingerprint density at radius 2 is 1.03 bits per heavy atom. The van der Waals surface area contributed by atoms with Crippen molar-refractivity contribution in [2.24, 2.45) is 0 Å². The third-order valence-corrected chi connectivity index (χ3v) is 11.5. The summed E-state index contributed by atoms with van der Waals surface area (Å²) in [5.41, 5.74) is 7.08. The van der Waals surface area contributed by atoms with Crippen molar-refractivity contribution < 1.29 is 48.3 Å². The van der Waals surface area contributed by atoms with Crippen LogP contribution in [0, 0.1) is 24.4 Å². The number of amides is 2. The predicted octanol–water partition coefficient (Wildman–Crippen LogP) is 6.76. The zero-order chi connectivity index (χ0) is 46.7. The largest absolute Gasteiger partial charge is 0.494 e. The van der Waals surface area contributed by atoms with Crippen LogP contribution in [-0.2, 0) is 14.5 Å². The molecule has 0 saturated carbocycles. The van der Waals surface area contributed by atoms with E-state index in [1.807, 2.05) is 60.7 Å². The lowest BCUT2D eigenvalue weighted by Gasteiger charge is -2.28. The van der Waals surface area contributed by atoms with Crippen LogP contribution in [0.1, 0.15) is 57.5 Å². The number of H-pyrrole nitrogens is 2. The summed E-state index contributed by atoms with van der Waals surface area (Å²) in [6.45, 7) is 1.59. The Morgan fingerprint density at radius 3 is 1.41 bits per heavy atom. The summed E-state index contributed by atoms with van der Waals surface area (Å²) < 4.78 is 21.2. The normalized spacial score (nSPS) is 13.3. The molecule has 6 heterocycles. The summed E-state index contributed by atoms with van der Waals surface area (Å²) in [6.07, 6.45) is 16.2. The van der Waals surface area contributed by atoms with Gasteiger partial charge in [0.15, 0.2) is 6.11 Å². The number of aromatic amines is 2. The quantitative estimate of drug-likeness (QED) is 0.0430. The number of fused-ring (bicyclic) bond motifs is 2. The van der Waals surface area contributed by atoms with Crippen molar-refractivity contribution in [2.75, 3.05) is 54.6 Å². The monoisotopic (exact) mass is 890 g/mol. The zero-order valence-corrected chi connectivity index (χ0v) is 36.7. The second kappa shape index (κ2) is 20.9. The Hall–Kier alpha value is -8.34. The van der Waals surface area contributed by atoms with Gasteiger partial charge in [-0.3, -0.25) is 24.1 Å². The maximum absolute atomic E-state index is 13.2. The van der Waals surface area contributed by atoms with Crippen molar-refractivity contribution in [3.63, 3.8) is 0 Å². The molecule has 4 aromatic heterocycles. The Bertz CT molecular complexity index is 2950. The molecular weight excluding hydrogens is 845 g/mol.